The van der Waals surface area contributed by atoms with Crippen LogP contribution >= 0.6 is 23.4 Å². The third-order valence-electron chi connectivity index (χ3n) is 5.43. The second-order valence-corrected chi connectivity index (χ2v) is 9.25. The maximum atomic E-state index is 13.2. The zero-order valence-electron chi connectivity index (χ0n) is 18.9. The van der Waals surface area contributed by atoms with Crippen molar-refractivity contribution < 1.29 is 9.32 Å². The first-order valence-corrected chi connectivity index (χ1v) is 11.7. The van der Waals surface area contributed by atoms with E-state index in [0.717, 1.165) is 21.9 Å². The highest BCUT2D eigenvalue weighted by molar-refractivity contribution is 7.99. The van der Waals surface area contributed by atoms with Crippen LogP contribution in [0.2, 0.25) is 5.02 Å². The summed E-state index contributed by atoms with van der Waals surface area (Å²) >= 11 is 7.13. The Labute approximate surface area is 206 Å². The van der Waals surface area contributed by atoms with Gasteiger partial charge < -0.3 is 9.84 Å². The fraction of sp³-hybridized carbons (Fsp3) is 0.238. The number of fused-ring (bicyclic) bond motifs is 3. The molecular weight excluding hydrogens is 496 g/mol. The molecule has 0 fully saturated rings. The standard InChI is InChI=1S/C21H19ClN8O4S/c1-11-8-14(26-34-11)23-15(31)10-35-20-25-24-19-29(9-12-4-6-13(22)7-5-12)16-17(30(19)20)27(2)21(33)28(3)18(16)32/h4-8H,9-10H2,1-3H3,(H,23,26,31). The SMILES string of the molecule is Cc1cc(NC(=O)CSc2nnc3n(Cc4ccc(Cl)cc4)c4c(=O)n(C)c(=O)n(C)c4n23)no1. The molecule has 1 amide bonds. The molecule has 0 unspecified atom stereocenters. The summed E-state index contributed by atoms with van der Waals surface area (Å²) in [7, 11) is 3.00. The normalized spacial score (nSPS) is 11.5. The minimum atomic E-state index is -0.489. The first-order valence-electron chi connectivity index (χ1n) is 10.4. The van der Waals surface area contributed by atoms with Crippen LogP contribution in [0.15, 0.2) is 49.6 Å². The van der Waals surface area contributed by atoms with Gasteiger partial charge in [-0.2, -0.15) is 0 Å². The number of anilines is 1. The van der Waals surface area contributed by atoms with Crippen LogP contribution in [0.3, 0.4) is 0 Å². The predicted octanol–water partition coefficient (Wildman–Crippen LogP) is 1.81. The average molecular weight is 515 g/mol. The zero-order valence-corrected chi connectivity index (χ0v) is 20.4. The third-order valence-corrected chi connectivity index (χ3v) is 6.61. The number of rotatable bonds is 6. The molecule has 0 spiro atoms. The summed E-state index contributed by atoms with van der Waals surface area (Å²) in [6, 6.07) is 8.81. The molecule has 0 saturated carbocycles. The number of carbonyl (C=O) groups is 1. The van der Waals surface area contributed by atoms with E-state index >= 15 is 0 Å². The molecule has 0 aliphatic carbocycles. The van der Waals surface area contributed by atoms with Gasteiger partial charge in [0, 0.05) is 25.2 Å². The molecule has 1 aromatic carbocycles. The number of halogens is 1. The second kappa shape index (κ2) is 8.74. The van der Waals surface area contributed by atoms with Crippen LogP contribution in [0, 0.1) is 6.92 Å². The largest absolute Gasteiger partial charge is 0.360 e. The quantitative estimate of drug-likeness (QED) is 0.339. The summed E-state index contributed by atoms with van der Waals surface area (Å²) in [5.41, 5.74) is 0.555. The van der Waals surface area contributed by atoms with Gasteiger partial charge in [0.05, 0.1) is 12.3 Å². The van der Waals surface area contributed by atoms with E-state index in [-0.39, 0.29) is 11.7 Å². The Morgan fingerprint density at radius 3 is 2.57 bits per heavy atom. The van der Waals surface area contributed by atoms with Gasteiger partial charge in [0.15, 0.2) is 22.1 Å². The molecule has 0 atom stereocenters. The summed E-state index contributed by atoms with van der Waals surface area (Å²) in [4.78, 5) is 38.3. The first kappa shape index (κ1) is 22.9. The molecule has 0 aliphatic rings. The van der Waals surface area contributed by atoms with Crippen molar-refractivity contribution >= 4 is 52.0 Å². The first-order chi connectivity index (χ1) is 16.7. The minimum Gasteiger partial charge on any atom is -0.360 e. The van der Waals surface area contributed by atoms with Crippen LogP contribution in [0.1, 0.15) is 11.3 Å². The van der Waals surface area contributed by atoms with Crippen LogP contribution in [0.5, 0.6) is 0 Å². The number of aryl methyl sites for hydroxylation is 2. The maximum absolute atomic E-state index is 13.2. The molecule has 35 heavy (non-hydrogen) atoms. The van der Waals surface area contributed by atoms with Crippen molar-refractivity contribution in [3.63, 3.8) is 0 Å². The van der Waals surface area contributed by atoms with Gasteiger partial charge in [-0.25, -0.2) is 9.20 Å². The molecule has 0 aliphatic heterocycles. The van der Waals surface area contributed by atoms with Crippen LogP contribution in [0.4, 0.5) is 5.82 Å². The van der Waals surface area contributed by atoms with Crippen molar-refractivity contribution in [2.24, 2.45) is 14.1 Å². The van der Waals surface area contributed by atoms with Gasteiger partial charge in [-0.3, -0.25) is 23.3 Å². The van der Waals surface area contributed by atoms with Gasteiger partial charge in [-0.1, -0.05) is 40.7 Å². The topological polar surface area (TPSA) is 134 Å². The average Bonchev–Trinajstić information content (AvgIpc) is 3.52. The smallest absolute Gasteiger partial charge is 0.332 e. The van der Waals surface area contributed by atoms with Crippen molar-refractivity contribution in [1.82, 2.24) is 33.5 Å². The lowest BCUT2D eigenvalue weighted by molar-refractivity contribution is -0.113. The number of benzene rings is 1. The fourth-order valence-corrected chi connectivity index (χ4v) is 4.63. The van der Waals surface area contributed by atoms with E-state index in [1.807, 2.05) is 12.1 Å². The Balaban J connectivity index is 1.59. The highest BCUT2D eigenvalue weighted by Crippen LogP contribution is 2.25. The number of aromatic nitrogens is 7. The van der Waals surface area contributed by atoms with E-state index < -0.39 is 11.2 Å². The summed E-state index contributed by atoms with van der Waals surface area (Å²) in [5, 5.41) is 15.8. The number of nitrogens with zero attached hydrogens (tertiary/aromatic N) is 7. The van der Waals surface area contributed by atoms with Crippen LogP contribution in [0.25, 0.3) is 16.9 Å². The third kappa shape index (κ3) is 4.02. The molecule has 5 rings (SSSR count). The predicted molar refractivity (Wildman–Crippen MR) is 130 cm³/mol. The van der Waals surface area contributed by atoms with Crippen molar-refractivity contribution in [2.45, 2.75) is 18.6 Å². The maximum Gasteiger partial charge on any atom is 0.332 e. The summed E-state index contributed by atoms with van der Waals surface area (Å²) in [6.45, 7) is 2.02. The molecular formula is C21H19ClN8O4S. The Kier molecular flexibility index (Phi) is 5.73. The van der Waals surface area contributed by atoms with Crippen molar-refractivity contribution in [3.8, 4) is 0 Å². The van der Waals surface area contributed by atoms with Gasteiger partial charge in [0.25, 0.3) is 5.56 Å². The van der Waals surface area contributed by atoms with E-state index in [1.54, 1.807) is 41.1 Å². The molecule has 180 valence electrons. The van der Waals surface area contributed by atoms with E-state index in [4.69, 9.17) is 16.1 Å². The molecule has 4 aromatic heterocycles. The van der Waals surface area contributed by atoms with Gasteiger partial charge in [-0.15, -0.1) is 10.2 Å². The Bertz CT molecular complexity index is 1710. The zero-order chi connectivity index (χ0) is 24.9. The number of carbonyl (C=O) groups excluding carboxylic acids is 1. The molecule has 1 N–H and O–H groups in total. The number of imidazole rings is 1. The Morgan fingerprint density at radius 1 is 1.14 bits per heavy atom. The second-order valence-electron chi connectivity index (χ2n) is 7.87. The number of thioether (sulfide) groups is 1. The summed E-state index contributed by atoms with van der Waals surface area (Å²) in [5.74, 6) is 0.918. The van der Waals surface area contributed by atoms with E-state index in [0.29, 0.717) is 45.2 Å². The highest BCUT2D eigenvalue weighted by Gasteiger charge is 2.24. The molecule has 0 bridgehead atoms. The van der Waals surface area contributed by atoms with Gasteiger partial charge in [0.2, 0.25) is 11.7 Å². The lowest BCUT2D eigenvalue weighted by Gasteiger charge is -2.08. The van der Waals surface area contributed by atoms with Crippen molar-refractivity contribution in [2.75, 3.05) is 11.1 Å². The van der Waals surface area contributed by atoms with E-state index in [1.165, 1.54) is 11.6 Å². The molecule has 14 heteroatoms. The van der Waals surface area contributed by atoms with Crippen molar-refractivity contribution in [3.05, 3.63) is 67.5 Å². The minimum absolute atomic E-state index is 0.00461. The summed E-state index contributed by atoms with van der Waals surface area (Å²) < 4.78 is 10.7. The van der Waals surface area contributed by atoms with Crippen LogP contribution < -0.4 is 16.6 Å². The lowest BCUT2D eigenvalue weighted by atomic mass is 10.2. The molecule has 4 heterocycles. The number of amides is 1. The van der Waals surface area contributed by atoms with E-state index in [2.05, 4.69) is 20.7 Å². The summed E-state index contributed by atoms with van der Waals surface area (Å²) in [6.07, 6.45) is 0. The van der Waals surface area contributed by atoms with Gasteiger partial charge in [0.1, 0.15) is 5.76 Å². The molecule has 12 nitrogen and oxygen atoms in total. The van der Waals surface area contributed by atoms with Gasteiger partial charge in [-0.05, 0) is 24.6 Å². The number of hydrogen-bond acceptors (Lipinski definition) is 8. The molecule has 0 saturated heterocycles. The Hall–Kier alpha value is -3.84. The Morgan fingerprint density at radius 2 is 1.89 bits per heavy atom. The number of hydrogen-bond donors (Lipinski definition) is 1. The van der Waals surface area contributed by atoms with Crippen LogP contribution in [-0.4, -0.2) is 45.1 Å². The molecule has 5 aromatic rings. The van der Waals surface area contributed by atoms with E-state index in [9.17, 15) is 14.4 Å². The molecule has 0 radical (unpaired) electrons. The fourth-order valence-electron chi connectivity index (χ4n) is 3.78. The van der Waals surface area contributed by atoms with Crippen molar-refractivity contribution in [1.29, 1.82) is 0 Å². The van der Waals surface area contributed by atoms with Gasteiger partial charge >= 0.3 is 5.69 Å². The highest BCUT2D eigenvalue weighted by atomic mass is 35.5. The number of nitrogens with one attached hydrogen (secondary N) is 1. The van der Waals surface area contributed by atoms with Crippen LogP contribution in [-0.2, 0) is 25.4 Å². The lowest BCUT2D eigenvalue weighted by Crippen LogP contribution is -2.37. The monoisotopic (exact) mass is 514 g/mol.